The molecule has 1 aliphatic carbocycles. The minimum atomic E-state index is -3.33. The zero-order chi connectivity index (χ0) is 11.9. The highest BCUT2D eigenvalue weighted by atomic mass is 32.2. The number of sulfone groups is 1. The van der Waals surface area contributed by atoms with E-state index in [0.29, 0.717) is 12.8 Å². The molecule has 1 aromatic rings. The lowest BCUT2D eigenvalue weighted by Gasteiger charge is -2.04. The molecule has 6 heteroatoms. The van der Waals surface area contributed by atoms with E-state index in [1.54, 1.807) is 0 Å². The van der Waals surface area contributed by atoms with Crippen LogP contribution in [-0.4, -0.2) is 29.7 Å². The Kier molecular flexibility index (Phi) is 2.46. The zero-order valence-electron chi connectivity index (χ0n) is 8.67. The van der Waals surface area contributed by atoms with Gasteiger partial charge in [0.2, 0.25) is 0 Å². The molecule has 1 N–H and O–H groups in total. The summed E-state index contributed by atoms with van der Waals surface area (Å²) in [5, 5.41) is 8.45. The number of hydrogen-bond acceptors (Lipinski definition) is 4. The van der Waals surface area contributed by atoms with E-state index in [1.165, 1.54) is 19.1 Å². The van der Waals surface area contributed by atoms with Gasteiger partial charge in [0.15, 0.2) is 14.9 Å². The van der Waals surface area contributed by atoms with Crippen molar-refractivity contribution in [2.24, 2.45) is 0 Å². The van der Waals surface area contributed by atoms with Gasteiger partial charge in [0.25, 0.3) is 0 Å². The number of hydrogen-bond donors (Lipinski definition) is 1. The van der Waals surface area contributed by atoms with E-state index < -0.39 is 15.8 Å². The van der Waals surface area contributed by atoms with Crippen molar-refractivity contribution in [3.05, 3.63) is 23.4 Å². The molecule has 0 aromatic carbocycles. The fraction of sp³-hybridized carbons (Fsp3) is 0.400. The lowest BCUT2D eigenvalue weighted by atomic mass is 10.2. The Morgan fingerprint density at radius 3 is 2.50 bits per heavy atom. The van der Waals surface area contributed by atoms with E-state index in [-0.39, 0.29) is 21.5 Å². The van der Waals surface area contributed by atoms with E-state index in [1.807, 2.05) is 0 Å². The lowest BCUT2D eigenvalue weighted by molar-refractivity contribution is 0.0695. The topological polar surface area (TPSA) is 84.3 Å². The van der Waals surface area contributed by atoms with Crippen LogP contribution >= 0.6 is 0 Å². The number of pyridine rings is 1. The van der Waals surface area contributed by atoms with Crippen LogP contribution in [0.25, 0.3) is 0 Å². The second-order valence-electron chi connectivity index (χ2n) is 3.83. The average Bonchev–Trinajstić information content (AvgIpc) is 2.99. The van der Waals surface area contributed by atoms with E-state index in [4.69, 9.17) is 5.11 Å². The standard InChI is InChI=1S/C10H11NO4S/c1-6-8(10(12)13)4-5-9(11-6)16(14,15)7-2-3-7/h4-5,7H,2-3H2,1H3,(H,12,13). The molecule has 0 radical (unpaired) electrons. The smallest absolute Gasteiger partial charge is 0.337 e. The number of carbonyl (C=O) groups is 1. The highest BCUT2D eigenvalue weighted by Crippen LogP contribution is 2.32. The molecule has 86 valence electrons. The lowest BCUT2D eigenvalue weighted by Crippen LogP contribution is -2.11. The van der Waals surface area contributed by atoms with Crippen molar-refractivity contribution in [2.45, 2.75) is 30.0 Å². The first-order chi connectivity index (χ1) is 7.43. The van der Waals surface area contributed by atoms with E-state index in [9.17, 15) is 13.2 Å². The highest BCUT2D eigenvalue weighted by Gasteiger charge is 2.38. The van der Waals surface area contributed by atoms with Crippen molar-refractivity contribution in [3.8, 4) is 0 Å². The van der Waals surface area contributed by atoms with E-state index >= 15 is 0 Å². The average molecular weight is 241 g/mol. The summed E-state index contributed by atoms with van der Waals surface area (Å²) in [5.41, 5.74) is 0.268. The predicted octanol–water partition coefficient (Wildman–Crippen LogP) is 1.02. The Morgan fingerprint density at radius 1 is 1.44 bits per heavy atom. The van der Waals surface area contributed by atoms with Crippen molar-refractivity contribution in [1.82, 2.24) is 4.98 Å². The molecule has 1 fully saturated rings. The predicted molar refractivity (Wildman–Crippen MR) is 56.1 cm³/mol. The summed E-state index contributed by atoms with van der Waals surface area (Å²) in [5.74, 6) is -1.10. The fourth-order valence-corrected chi connectivity index (χ4v) is 3.09. The molecule has 1 heterocycles. The minimum Gasteiger partial charge on any atom is -0.478 e. The number of aryl methyl sites for hydroxylation is 1. The monoisotopic (exact) mass is 241 g/mol. The summed E-state index contributed by atoms with van der Waals surface area (Å²) in [4.78, 5) is 14.6. The molecule has 0 atom stereocenters. The molecule has 1 aliphatic rings. The summed E-state index contributed by atoms with van der Waals surface area (Å²) in [6, 6.07) is 2.56. The molecule has 0 unspecified atom stereocenters. The van der Waals surface area contributed by atoms with Crippen LogP contribution in [-0.2, 0) is 9.84 Å². The van der Waals surface area contributed by atoms with Gasteiger partial charge < -0.3 is 5.11 Å². The van der Waals surface area contributed by atoms with Gasteiger partial charge in [0.1, 0.15) is 0 Å². The van der Waals surface area contributed by atoms with Crippen LogP contribution < -0.4 is 0 Å². The second kappa shape index (κ2) is 3.55. The molecule has 0 saturated heterocycles. The van der Waals surface area contributed by atoms with Crippen LogP contribution in [0.5, 0.6) is 0 Å². The summed E-state index contributed by atoms with van der Waals surface area (Å²) in [6.07, 6.45) is 1.34. The Labute approximate surface area is 93.1 Å². The first-order valence-corrected chi connectivity index (χ1v) is 6.42. The number of aromatic carboxylic acids is 1. The molecule has 5 nitrogen and oxygen atoms in total. The van der Waals surface area contributed by atoms with Crippen LogP contribution in [0.4, 0.5) is 0 Å². The van der Waals surface area contributed by atoms with Crippen LogP contribution in [0.3, 0.4) is 0 Å². The summed E-state index contributed by atoms with van der Waals surface area (Å²) < 4.78 is 23.6. The van der Waals surface area contributed by atoms with Gasteiger partial charge in [0.05, 0.1) is 16.5 Å². The van der Waals surface area contributed by atoms with Gasteiger partial charge in [-0.15, -0.1) is 0 Å². The van der Waals surface area contributed by atoms with Gasteiger partial charge in [-0.3, -0.25) is 0 Å². The van der Waals surface area contributed by atoms with Crippen molar-refractivity contribution in [2.75, 3.05) is 0 Å². The molecule has 1 saturated carbocycles. The van der Waals surface area contributed by atoms with Crippen molar-refractivity contribution in [3.63, 3.8) is 0 Å². The molecular formula is C10H11NO4S. The van der Waals surface area contributed by atoms with Crippen LogP contribution in [0.15, 0.2) is 17.2 Å². The molecule has 0 spiro atoms. The number of carboxylic acids is 1. The Hall–Kier alpha value is -1.43. The highest BCUT2D eigenvalue weighted by molar-refractivity contribution is 7.92. The first-order valence-electron chi connectivity index (χ1n) is 4.88. The number of rotatable bonds is 3. The van der Waals surface area contributed by atoms with Crippen LogP contribution in [0.2, 0.25) is 0 Å². The maximum Gasteiger partial charge on any atom is 0.337 e. The maximum absolute atomic E-state index is 11.8. The van der Waals surface area contributed by atoms with Gasteiger partial charge in [-0.2, -0.15) is 0 Å². The molecular weight excluding hydrogens is 230 g/mol. The third-order valence-corrected chi connectivity index (χ3v) is 4.70. The Bertz CT molecular complexity index is 546. The van der Waals surface area contributed by atoms with Crippen molar-refractivity contribution < 1.29 is 18.3 Å². The summed E-state index contributed by atoms with van der Waals surface area (Å²) in [7, 11) is -3.33. The number of nitrogens with zero attached hydrogens (tertiary/aromatic N) is 1. The van der Waals surface area contributed by atoms with Gasteiger partial charge in [-0.1, -0.05) is 0 Å². The van der Waals surface area contributed by atoms with Crippen LogP contribution in [0.1, 0.15) is 28.9 Å². The van der Waals surface area contributed by atoms with E-state index in [2.05, 4.69) is 4.98 Å². The Balaban J connectivity index is 2.45. The van der Waals surface area contributed by atoms with Crippen molar-refractivity contribution >= 4 is 15.8 Å². The summed E-state index contributed by atoms with van der Waals surface area (Å²) in [6.45, 7) is 1.50. The van der Waals surface area contributed by atoms with Gasteiger partial charge >= 0.3 is 5.97 Å². The zero-order valence-corrected chi connectivity index (χ0v) is 9.49. The maximum atomic E-state index is 11.8. The third-order valence-electron chi connectivity index (χ3n) is 2.55. The van der Waals surface area contributed by atoms with E-state index in [0.717, 1.165) is 0 Å². The molecule has 0 bridgehead atoms. The molecule has 2 rings (SSSR count). The molecule has 16 heavy (non-hydrogen) atoms. The second-order valence-corrected chi connectivity index (χ2v) is 6.01. The molecule has 0 aliphatic heterocycles. The molecule has 1 aromatic heterocycles. The van der Waals surface area contributed by atoms with Gasteiger partial charge in [-0.25, -0.2) is 18.2 Å². The number of carboxylic acid groups (broad SMARTS) is 1. The SMILES string of the molecule is Cc1nc(S(=O)(=O)C2CC2)ccc1C(=O)O. The minimum absolute atomic E-state index is 0.0162. The Morgan fingerprint density at radius 2 is 2.06 bits per heavy atom. The number of aromatic nitrogens is 1. The largest absolute Gasteiger partial charge is 0.478 e. The third kappa shape index (κ3) is 1.80. The fourth-order valence-electron chi connectivity index (χ4n) is 1.47. The van der Waals surface area contributed by atoms with Gasteiger partial charge in [-0.05, 0) is 31.9 Å². The van der Waals surface area contributed by atoms with Gasteiger partial charge in [0, 0.05) is 0 Å². The normalized spacial score (nSPS) is 16.1. The van der Waals surface area contributed by atoms with Crippen molar-refractivity contribution in [1.29, 1.82) is 0 Å². The first kappa shape index (κ1) is 11.1. The van der Waals surface area contributed by atoms with Crippen LogP contribution in [0, 0.1) is 6.92 Å². The summed E-state index contributed by atoms with van der Waals surface area (Å²) >= 11 is 0. The quantitative estimate of drug-likeness (QED) is 0.854. The molecule has 0 amide bonds.